The van der Waals surface area contributed by atoms with E-state index in [9.17, 15) is 0 Å². The second kappa shape index (κ2) is 4.20. The summed E-state index contributed by atoms with van der Waals surface area (Å²) in [6, 6.07) is 0. The van der Waals surface area contributed by atoms with Crippen LogP contribution in [0.15, 0.2) is 16.9 Å². The zero-order valence-electron chi connectivity index (χ0n) is 10.8. The Balaban J connectivity index is 2.06. The topological polar surface area (TPSA) is 82.8 Å². The molecule has 0 spiro atoms. The molecule has 0 saturated heterocycles. The summed E-state index contributed by atoms with van der Waals surface area (Å²) in [7, 11) is 1.84. The fourth-order valence-corrected chi connectivity index (χ4v) is 2.83. The largest absolute Gasteiger partial charge is 0.390 e. The summed E-state index contributed by atoms with van der Waals surface area (Å²) in [4.78, 5) is 5.56. The van der Waals surface area contributed by atoms with Crippen LogP contribution in [0.3, 0.4) is 0 Å². The number of aromatic nitrogens is 4. The van der Waals surface area contributed by atoms with E-state index in [0.717, 1.165) is 21.6 Å². The molecule has 0 aromatic carbocycles. The number of hydrogen-bond acceptors (Lipinski definition) is 6. The third kappa shape index (κ3) is 1.91. The molecule has 3 rings (SSSR count). The second-order valence-electron chi connectivity index (χ2n) is 4.35. The van der Waals surface area contributed by atoms with Gasteiger partial charge in [0.1, 0.15) is 0 Å². The van der Waals surface area contributed by atoms with Crippen molar-refractivity contribution in [3.05, 3.63) is 22.8 Å². The molecular weight excluding hydrogens is 262 g/mol. The molecule has 7 heteroatoms. The number of nitrogens with two attached hydrogens (primary N) is 1. The molecule has 6 nitrogen and oxygen atoms in total. The molecule has 2 N–H and O–H groups in total. The van der Waals surface area contributed by atoms with Crippen molar-refractivity contribution in [2.75, 3.05) is 5.73 Å². The molecule has 0 saturated carbocycles. The van der Waals surface area contributed by atoms with Crippen LogP contribution in [0.4, 0.5) is 5.00 Å². The third-order valence-electron chi connectivity index (χ3n) is 3.02. The lowest BCUT2D eigenvalue weighted by molar-refractivity contribution is 0.432. The van der Waals surface area contributed by atoms with Crippen LogP contribution in [0, 0.1) is 13.8 Å². The van der Waals surface area contributed by atoms with E-state index < -0.39 is 0 Å². The number of thiophene rings is 1. The standard InChI is InChI=1S/C12H13N5OS/c1-6-7(2)19-10(13)9(6)12-15-11(16-18-12)8-4-14-17(3)5-8/h4-5H,13H2,1-3H3. The van der Waals surface area contributed by atoms with Crippen LogP contribution in [0.5, 0.6) is 0 Å². The van der Waals surface area contributed by atoms with Crippen molar-refractivity contribution in [1.29, 1.82) is 0 Å². The lowest BCUT2D eigenvalue weighted by Crippen LogP contribution is -1.86. The maximum absolute atomic E-state index is 6.00. The Morgan fingerprint density at radius 3 is 2.74 bits per heavy atom. The van der Waals surface area contributed by atoms with E-state index in [1.807, 2.05) is 27.1 Å². The van der Waals surface area contributed by atoms with E-state index in [-0.39, 0.29) is 0 Å². The quantitative estimate of drug-likeness (QED) is 0.776. The molecule has 98 valence electrons. The van der Waals surface area contributed by atoms with E-state index in [4.69, 9.17) is 10.3 Å². The van der Waals surface area contributed by atoms with Gasteiger partial charge < -0.3 is 10.3 Å². The molecule has 3 heterocycles. The Labute approximate surface area is 113 Å². The highest BCUT2D eigenvalue weighted by Crippen LogP contribution is 2.37. The monoisotopic (exact) mass is 275 g/mol. The summed E-state index contributed by atoms with van der Waals surface area (Å²) in [6.45, 7) is 4.03. The molecule has 3 aromatic heterocycles. The Kier molecular flexibility index (Phi) is 2.63. The molecule has 0 aliphatic rings. The van der Waals surface area contributed by atoms with E-state index in [0.29, 0.717) is 16.7 Å². The van der Waals surface area contributed by atoms with Gasteiger partial charge in [-0.05, 0) is 19.4 Å². The molecule has 0 fully saturated rings. The van der Waals surface area contributed by atoms with Crippen molar-refractivity contribution in [2.45, 2.75) is 13.8 Å². The van der Waals surface area contributed by atoms with Crippen molar-refractivity contribution in [3.8, 4) is 22.8 Å². The van der Waals surface area contributed by atoms with Gasteiger partial charge >= 0.3 is 0 Å². The van der Waals surface area contributed by atoms with Crippen LogP contribution in [-0.2, 0) is 7.05 Å². The second-order valence-corrected chi connectivity index (χ2v) is 5.60. The van der Waals surface area contributed by atoms with Gasteiger partial charge in [-0.25, -0.2) is 0 Å². The molecule has 0 bridgehead atoms. The van der Waals surface area contributed by atoms with Gasteiger partial charge in [-0.2, -0.15) is 10.1 Å². The van der Waals surface area contributed by atoms with Crippen molar-refractivity contribution in [1.82, 2.24) is 19.9 Å². The number of hydrogen-bond donors (Lipinski definition) is 1. The first-order valence-electron chi connectivity index (χ1n) is 5.75. The summed E-state index contributed by atoms with van der Waals surface area (Å²) < 4.78 is 7.01. The van der Waals surface area contributed by atoms with Gasteiger partial charge in [0.2, 0.25) is 5.82 Å². The molecule has 0 aliphatic heterocycles. The van der Waals surface area contributed by atoms with Gasteiger partial charge in [-0.3, -0.25) is 4.68 Å². The van der Waals surface area contributed by atoms with Gasteiger partial charge in [0.15, 0.2) is 0 Å². The Bertz CT molecular complexity index is 739. The highest BCUT2D eigenvalue weighted by molar-refractivity contribution is 7.16. The number of aryl methyl sites for hydroxylation is 2. The third-order valence-corrected chi connectivity index (χ3v) is 4.05. The lowest BCUT2D eigenvalue weighted by atomic mass is 10.1. The Hall–Kier alpha value is -2.15. The average molecular weight is 275 g/mol. The van der Waals surface area contributed by atoms with Crippen molar-refractivity contribution >= 4 is 16.3 Å². The SMILES string of the molecule is Cc1sc(N)c(-c2nc(-c3cnn(C)c3)no2)c1C. The molecule has 19 heavy (non-hydrogen) atoms. The zero-order valence-corrected chi connectivity index (χ0v) is 11.7. The highest BCUT2D eigenvalue weighted by Gasteiger charge is 2.19. The maximum Gasteiger partial charge on any atom is 0.261 e. The van der Waals surface area contributed by atoms with Crippen LogP contribution in [0.2, 0.25) is 0 Å². The minimum atomic E-state index is 0.457. The first-order chi connectivity index (χ1) is 9.06. The maximum atomic E-state index is 6.00. The normalized spacial score (nSPS) is 11.1. The van der Waals surface area contributed by atoms with Crippen LogP contribution < -0.4 is 5.73 Å². The van der Waals surface area contributed by atoms with E-state index >= 15 is 0 Å². The van der Waals surface area contributed by atoms with Crippen molar-refractivity contribution < 1.29 is 4.52 Å². The van der Waals surface area contributed by atoms with Crippen LogP contribution >= 0.6 is 11.3 Å². The molecule has 0 atom stereocenters. The minimum Gasteiger partial charge on any atom is -0.390 e. The van der Waals surface area contributed by atoms with Crippen molar-refractivity contribution in [3.63, 3.8) is 0 Å². The number of anilines is 1. The zero-order chi connectivity index (χ0) is 13.6. The minimum absolute atomic E-state index is 0.457. The van der Waals surface area contributed by atoms with Crippen molar-refractivity contribution in [2.24, 2.45) is 7.05 Å². The average Bonchev–Trinajstić information content (AvgIpc) is 3.02. The predicted octanol–water partition coefficient (Wildman–Crippen LogP) is 2.40. The van der Waals surface area contributed by atoms with Crippen LogP contribution in [0.25, 0.3) is 22.8 Å². The van der Waals surface area contributed by atoms with Gasteiger partial charge in [-0.15, -0.1) is 11.3 Å². The Morgan fingerprint density at radius 2 is 2.16 bits per heavy atom. The molecule has 0 unspecified atom stereocenters. The van der Waals surface area contributed by atoms with Crippen LogP contribution in [0.1, 0.15) is 10.4 Å². The summed E-state index contributed by atoms with van der Waals surface area (Å²) in [5, 5.41) is 8.77. The summed E-state index contributed by atoms with van der Waals surface area (Å²) in [5.74, 6) is 0.976. The van der Waals surface area contributed by atoms with E-state index in [2.05, 4.69) is 15.2 Å². The van der Waals surface area contributed by atoms with Gasteiger partial charge in [0, 0.05) is 18.1 Å². The molecule has 0 aliphatic carbocycles. The lowest BCUT2D eigenvalue weighted by Gasteiger charge is -1.94. The van der Waals surface area contributed by atoms with E-state index in [1.54, 1.807) is 10.9 Å². The smallest absolute Gasteiger partial charge is 0.261 e. The summed E-state index contributed by atoms with van der Waals surface area (Å²) in [6.07, 6.45) is 3.54. The highest BCUT2D eigenvalue weighted by atomic mass is 32.1. The predicted molar refractivity (Wildman–Crippen MR) is 73.7 cm³/mol. The Morgan fingerprint density at radius 1 is 1.37 bits per heavy atom. The summed E-state index contributed by atoms with van der Waals surface area (Å²) >= 11 is 1.53. The van der Waals surface area contributed by atoms with Crippen LogP contribution in [-0.4, -0.2) is 19.9 Å². The first kappa shape index (κ1) is 11.9. The first-order valence-corrected chi connectivity index (χ1v) is 6.56. The molecular formula is C12H13N5OS. The summed E-state index contributed by atoms with van der Waals surface area (Å²) in [5.41, 5.74) is 8.75. The number of nitrogens with zero attached hydrogens (tertiary/aromatic N) is 4. The van der Waals surface area contributed by atoms with Gasteiger partial charge in [0.25, 0.3) is 5.89 Å². The fraction of sp³-hybridized carbons (Fsp3) is 0.250. The number of nitrogen functional groups attached to an aromatic ring is 1. The van der Waals surface area contributed by atoms with Gasteiger partial charge in [0.05, 0.1) is 22.3 Å². The fourth-order valence-electron chi connectivity index (χ4n) is 1.90. The van der Waals surface area contributed by atoms with E-state index in [1.165, 1.54) is 11.3 Å². The van der Waals surface area contributed by atoms with Gasteiger partial charge in [-0.1, -0.05) is 5.16 Å². The molecule has 0 amide bonds. The molecule has 0 radical (unpaired) electrons. The number of rotatable bonds is 2. The molecule has 3 aromatic rings.